The molecular weight excluding hydrogens is 428 g/mol. The molecule has 9 heteroatoms. The number of thioether (sulfide) groups is 1. The molecule has 1 saturated heterocycles. The number of carbonyl (C=O) groups excluding carboxylic acids is 2. The van der Waals surface area contributed by atoms with Crippen LogP contribution in [0.15, 0.2) is 46.7 Å². The molecule has 2 amide bonds. The number of para-hydroxylation sites is 1. The van der Waals surface area contributed by atoms with Gasteiger partial charge in [-0.2, -0.15) is 8.78 Å². The third-order valence-corrected chi connectivity index (χ3v) is 6.68. The van der Waals surface area contributed by atoms with Crippen LogP contribution in [-0.4, -0.2) is 48.7 Å². The summed E-state index contributed by atoms with van der Waals surface area (Å²) in [7, 11) is 0. The van der Waals surface area contributed by atoms with E-state index in [-0.39, 0.29) is 24.3 Å². The van der Waals surface area contributed by atoms with Crippen molar-refractivity contribution in [3.05, 3.63) is 46.7 Å². The van der Waals surface area contributed by atoms with Gasteiger partial charge in [-0.15, -0.1) is 11.3 Å². The predicted octanol–water partition coefficient (Wildman–Crippen LogP) is 4.07. The van der Waals surface area contributed by atoms with Crippen LogP contribution in [0.5, 0.6) is 0 Å². The molecule has 2 N–H and O–H groups in total. The van der Waals surface area contributed by atoms with Gasteiger partial charge in [0.1, 0.15) is 0 Å². The van der Waals surface area contributed by atoms with Gasteiger partial charge >= 0.3 is 0 Å². The molecule has 1 aliphatic heterocycles. The Labute approximate surface area is 183 Å². The lowest BCUT2D eigenvalue weighted by Crippen LogP contribution is -2.43. The molecule has 2 heterocycles. The molecule has 0 atom stereocenters. The van der Waals surface area contributed by atoms with Crippen LogP contribution in [0.2, 0.25) is 0 Å². The fourth-order valence-electron chi connectivity index (χ4n) is 3.42. The fourth-order valence-corrected chi connectivity index (χ4v) is 4.73. The van der Waals surface area contributed by atoms with Crippen LogP contribution in [0, 0.1) is 5.92 Å². The van der Waals surface area contributed by atoms with Gasteiger partial charge in [-0.05, 0) is 55.9 Å². The molecule has 0 saturated carbocycles. The third kappa shape index (κ3) is 7.07. The summed E-state index contributed by atoms with van der Waals surface area (Å²) < 4.78 is 25.3. The van der Waals surface area contributed by atoms with Crippen molar-refractivity contribution in [1.82, 2.24) is 10.2 Å². The summed E-state index contributed by atoms with van der Waals surface area (Å²) in [5.74, 6) is -2.74. The highest BCUT2D eigenvalue weighted by Gasteiger charge is 2.26. The van der Waals surface area contributed by atoms with Gasteiger partial charge in [0.2, 0.25) is 11.8 Å². The summed E-state index contributed by atoms with van der Waals surface area (Å²) in [4.78, 5) is 28.3. The second-order valence-electron chi connectivity index (χ2n) is 7.09. The summed E-state index contributed by atoms with van der Waals surface area (Å²) in [5.41, 5.74) is 0.396. The van der Waals surface area contributed by atoms with E-state index in [9.17, 15) is 18.4 Å². The lowest BCUT2D eigenvalue weighted by Gasteiger charge is -2.30. The van der Waals surface area contributed by atoms with Crippen LogP contribution < -0.4 is 10.6 Å². The highest BCUT2D eigenvalue weighted by atomic mass is 32.2. The van der Waals surface area contributed by atoms with E-state index < -0.39 is 5.76 Å². The van der Waals surface area contributed by atoms with E-state index in [0.29, 0.717) is 54.8 Å². The number of likely N-dealkylation sites (tertiary alicyclic amines) is 1. The Morgan fingerprint density at radius 3 is 2.63 bits per heavy atom. The molecule has 3 rings (SSSR count). The predicted molar refractivity (Wildman–Crippen MR) is 117 cm³/mol. The van der Waals surface area contributed by atoms with Gasteiger partial charge in [0.25, 0.3) is 5.76 Å². The number of rotatable bonds is 9. The Morgan fingerprint density at radius 1 is 1.17 bits per heavy atom. The first-order chi connectivity index (χ1) is 14.5. The topological polar surface area (TPSA) is 61.4 Å². The first kappa shape index (κ1) is 22.7. The number of amides is 2. The van der Waals surface area contributed by atoms with Gasteiger partial charge in [0.15, 0.2) is 0 Å². The third-order valence-electron chi connectivity index (χ3n) is 4.95. The molecule has 5 nitrogen and oxygen atoms in total. The van der Waals surface area contributed by atoms with Crippen LogP contribution in [-0.2, 0) is 16.0 Å². The Bertz CT molecular complexity index is 825. The van der Waals surface area contributed by atoms with Gasteiger partial charge in [-0.3, -0.25) is 14.5 Å². The number of anilines is 1. The summed E-state index contributed by atoms with van der Waals surface area (Å²) >= 11 is 2.10. The lowest BCUT2D eigenvalue weighted by molar-refractivity contribution is -0.126. The van der Waals surface area contributed by atoms with Crippen molar-refractivity contribution in [3.63, 3.8) is 0 Å². The molecule has 30 heavy (non-hydrogen) atoms. The van der Waals surface area contributed by atoms with Gasteiger partial charge in [-0.25, -0.2) is 0 Å². The van der Waals surface area contributed by atoms with Gasteiger partial charge in [0.05, 0.1) is 12.2 Å². The molecular formula is C21H25F2N3O2S2. The fraction of sp³-hybridized carbons (Fsp3) is 0.429. The van der Waals surface area contributed by atoms with Crippen molar-refractivity contribution in [2.24, 2.45) is 5.92 Å². The van der Waals surface area contributed by atoms with Crippen LogP contribution >= 0.6 is 23.1 Å². The Balaban J connectivity index is 1.39. The smallest absolute Gasteiger partial charge is 0.288 e. The van der Waals surface area contributed by atoms with Gasteiger partial charge in [0, 0.05) is 22.2 Å². The first-order valence-electron chi connectivity index (χ1n) is 9.87. The maximum atomic E-state index is 12.7. The van der Waals surface area contributed by atoms with Crippen molar-refractivity contribution >= 4 is 40.6 Å². The zero-order valence-electron chi connectivity index (χ0n) is 16.5. The van der Waals surface area contributed by atoms with Crippen LogP contribution in [0.3, 0.4) is 0 Å². The van der Waals surface area contributed by atoms with E-state index in [1.807, 2.05) is 16.3 Å². The van der Waals surface area contributed by atoms with Crippen molar-refractivity contribution in [1.29, 1.82) is 0 Å². The monoisotopic (exact) mass is 453 g/mol. The lowest BCUT2D eigenvalue weighted by atomic mass is 9.96. The van der Waals surface area contributed by atoms with E-state index in [1.54, 1.807) is 35.6 Å². The van der Waals surface area contributed by atoms with E-state index in [4.69, 9.17) is 0 Å². The summed E-state index contributed by atoms with van der Waals surface area (Å²) in [6.07, 6.45) is 2.25. The van der Waals surface area contributed by atoms with E-state index in [1.165, 1.54) is 4.88 Å². The number of hydrogen-bond acceptors (Lipinski definition) is 5. The summed E-state index contributed by atoms with van der Waals surface area (Å²) in [5, 5.41) is 7.76. The second kappa shape index (κ2) is 11.4. The zero-order chi connectivity index (χ0) is 21.3. The quantitative estimate of drug-likeness (QED) is 0.562. The molecule has 1 aromatic heterocycles. The molecule has 0 spiro atoms. The minimum absolute atomic E-state index is 0.0317. The number of benzene rings is 1. The standard InChI is InChI=1S/C21H25F2N3O2S2/c22-21(23)30-18-6-2-1-5-17(18)25-19(27)14-26-11-8-15(9-12-26)20(28)24-10-7-16-4-3-13-29-16/h1-6,13,15,21H,7-12,14H2,(H,24,28)(H,25,27). The van der Waals surface area contributed by atoms with E-state index >= 15 is 0 Å². The number of thiophene rings is 1. The molecule has 0 radical (unpaired) electrons. The molecule has 0 aliphatic carbocycles. The highest BCUT2D eigenvalue weighted by Crippen LogP contribution is 2.31. The molecule has 1 fully saturated rings. The summed E-state index contributed by atoms with van der Waals surface area (Å²) in [6.45, 7) is 2.13. The molecule has 2 aromatic rings. The number of piperidine rings is 1. The molecule has 0 unspecified atom stereocenters. The van der Waals surface area contributed by atoms with Crippen molar-refractivity contribution in [2.75, 3.05) is 31.5 Å². The molecule has 162 valence electrons. The number of nitrogens with zero attached hydrogens (tertiary/aromatic N) is 1. The Kier molecular flexibility index (Phi) is 8.65. The number of halogens is 2. The normalized spacial score (nSPS) is 15.3. The van der Waals surface area contributed by atoms with E-state index in [0.717, 1.165) is 6.42 Å². The number of alkyl halides is 2. The summed E-state index contributed by atoms with van der Waals surface area (Å²) in [6, 6.07) is 10.6. The highest BCUT2D eigenvalue weighted by molar-refractivity contribution is 7.99. The number of carbonyl (C=O) groups is 2. The van der Waals surface area contributed by atoms with Crippen LogP contribution in [0.1, 0.15) is 17.7 Å². The van der Waals surface area contributed by atoms with Crippen LogP contribution in [0.25, 0.3) is 0 Å². The van der Waals surface area contributed by atoms with Gasteiger partial charge < -0.3 is 10.6 Å². The maximum Gasteiger partial charge on any atom is 0.288 e. The number of hydrogen-bond donors (Lipinski definition) is 2. The molecule has 1 aliphatic rings. The SMILES string of the molecule is O=C(CN1CCC(C(=O)NCCc2cccs2)CC1)Nc1ccccc1SC(F)F. The minimum atomic E-state index is -2.54. The average molecular weight is 454 g/mol. The first-order valence-corrected chi connectivity index (χ1v) is 11.6. The van der Waals surface area contributed by atoms with E-state index in [2.05, 4.69) is 16.7 Å². The Morgan fingerprint density at radius 2 is 1.93 bits per heavy atom. The van der Waals surface area contributed by atoms with Crippen molar-refractivity contribution in [3.8, 4) is 0 Å². The van der Waals surface area contributed by atoms with Crippen molar-refractivity contribution < 1.29 is 18.4 Å². The molecule has 0 bridgehead atoms. The minimum Gasteiger partial charge on any atom is -0.355 e. The largest absolute Gasteiger partial charge is 0.355 e. The van der Waals surface area contributed by atoms with Crippen molar-refractivity contribution in [2.45, 2.75) is 29.9 Å². The Hall–Kier alpha value is -1.97. The second-order valence-corrected chi connectivity index (χ2v) is 9.16. The van der Waals surface area contributed by atoms with Gasteiger partial charge in [-0.1, -0.05) is 30.0 Å². The maximum absolute atomic E-state index is 12.7. The molecule has 1 aromatic carbocycles. The zero-order valence-corrected chi connectivity index (χ0v) is 18.1. The average Bonchev–Trinajstić information content (AvgIpc) is 3.23. The number of nitrogens with one attached hydrogen (secondary N) is 2. The van der Waals surface area contributed by atoms with Crippen LogP contribution in [0.4, 0.5) is 14.5 Å².